The molecule has 1 unspecified atom stereocenters. The Morgan fingerprint density at radius 3 is 2.22 bits per heavy atom. The lowest BCUT2D eigenvalue weighted by Crippen LogP contribution is -2.73. The molecule has 3 rings (SSSR count). The lowest BCUT2D eigenvalue weighted by molar-refractivity contribution is -0.191. The molecule has 37 heavy (non-hydrogen) atoms. The van der Waals surface area contributed by atoms with Crippen LogP contribution in [0.3, 0.4) is 0 Å². The van der Waals surface area contributed by atoms with Crippen LogP contribution in [0.5, 0.6) is 5.75 Å². The molecule has 0 aliphatic carbocycles. The summed E-state index contributed by atoms with van der Waals surface area (Å²) in [5, 5.41) is 3.03. The van der Waals surface area contributed by atoms with Gasteiger partial charge in [0.15, 0.2) is 6.23 Å². The van der Waals surface area contributed by atoms with Crippen molar-refractivity contribution in [2.24, 2.45) is 5.41 Å². The van der Waals surface area contributed by atoms with E-state index in [4.69, 9.17) is 9.47 Å². The van der Waals surface area contributed by atoms with Crippen molar-refractivity contribution in [2.45, 2.75) is 58.3 Å². The van der Waals surface area contributed by atoms with Crippen molar-refractivity contribution >= 4 is 11.9 Å². The maximum atomic E-state index is 13.4. The number of urea groups is 1. The van der Waals surface area contributed by atoms with Crippen LogP contribution >= 0.6 is 0 Å². The highest BCUT2D eigenvalue weighted by molar-refractivity contribution is 6.03. The fourth-order valence-electron chi connectivity index (χ4n) is 4.96. The van der Waals surface area contributed by atoms with E-state index in [1.54, 1.807) is 13.2 Å². The van der Waals surface area contributed by atoms with Gasteiger partial charge in [-0.3, -0.25) is 4.79 Å². The van der Waals surface area contributed by atoms with Gasteiger partial charge in [-0.1, -0.05) is 61.9 Å². The number of rotatable bonds is 12. The first-order valence-corrected chi connectivity index (χ1v) is 13.0. The number of ether oxygens (including phenoxy) is 2. The molecule has 0 bridgehead atoms. The molecule has 0 spiro atoms. The predicted molar refractivity (Wildman–Crippen MR) is 146 cm³/mol. The molecule has 7 heteroatoms. The van der Waals surface area contributed by atoms with Gasteiger partial charge >= 0.3 is 6.03 Å². The quantitative estimate of drug-likeness (QED) is 0.298. The van der Waals surface area contributed by atoms with E-state index in [1.165, 1.54) is 4.90 Å². The Hall–Kier alpha value is -3.16. The number of amides is 3. The molecule has 0 radical (unpaired) electrons. The summed E-state index contributed by atoms with van der Waals surface area (Å²) in [5.41, 5.74) is 2.46. The molecule has 1 fully saturated rings. The van der Waals surface area contributed by atoms with Gasteiger partial charge in [-0.2, -0.15) is 0 Å². The van der Waals surface area contributed by atoms with Gasteiger partial charge in [-0.15, -0.1) is 6.58 Å². The Kier molecular flexibility index (Phi) is 9.51. The molecule has 1 saturated heterocycles. The maximum absolute atomic E-state index is 13.4. The molecule has 2 aromatic carbocycles. The molecule has 1 aliphatic rings. The number of carbonyl (C=O) groups is 2. The molecule has 200 valence electrons. The van der Waals surface area contributed by atoms with Crippen molar-refractivity contribution < 1.29 is 19.1 Å². The molecule has 0 saturated carbocycles. The number of β-lactam (4-membered cyclic amide) rings is 1. The lowest BCUT2D eigenvalue weighted by atomic mass is 9.72. The fourth-order valence-corrected chi connectivity index (χ4v) is 4.96. The summed E-state index contributed by atoms with van der Waals surface area (Å²) in [6.45, 7) is 10.4. The Labute approximate surface area is 221 Å². The van der Waals surface area contributed by atoms with Crippen LogP contribution in [0.1, 0.15) is 61.9 Å². The minimum Gasteiger partial charge on any atom is -0.469 e. The maximum Gasteiger partial charge on any atom is 0.327 e. The van der Waals surface area contributed by atoms with Gasteiger partial charge in [0.2, 0.25) is 5.91 Å². The van der Waals surface area contributed by atoms with Crippen LogP contribution in [-0.4, -0.2) is 55.8 Å². The van der Waals surface area contributed by atoms with Crippen molar-refractivity contribution in [3.8, 4) is 5.75 Å². The number of hydrogen-bond acceptors (Lipinski definition) is 5. The first kappa shape index (κ1) is 28.4. The van der Waals surface area contributed by atoms with Crippen molar-refractivity contribution in [1.29, 1.82) is 0 Å². The SMILES string of the molecule is C=CC[C@@H](NC(=O)N1C(=O)C(CC)(CC)C1Oc1ccc([C@@H](COC)N(C)C)cc1)c1ccc(C)cc1. The number of carbonyl (C=O) groups excluding carboxylic acids is 2. The van der Waals surface area contributed by atoms with Crippen LogP contribution in [0.15, 0.2) is 61.2 Å². The molecular weight excluding hydrogens is 466 g/mol. The van der Waals surface area contributed by atoms with Crippen LogP contribution < -0.4 is 10.1 Å². The molecule has 7 nitrogen and oxygen atoms in total. The zero-order valence-corrected chi connectivity index (χ0v) is 23.0. The molecule has 0 aromatic heterocycles. The number of nitrogens with zero attached hydrogens (tertiary/aromatic N) is 2. The molecule has 2 aromatic rings. The summed E-state index contributed by atoms with van der Waals surface area (Å²) >= 11 is 0. The normalized spacial score (nSPS) is 18.2. The van der Waals surface area contributed by atoms with E-state index in [9.17, 15) is 9.59 Å². The van der Waals surface area contributed by atoms with E-state index in [0.29, 0.717) is 31.6 Å². The summed E-state index contributed by atoms with van der Waals surface area (Å²) in [7, 11) is 5.71. The Morgan fingerprint density at radius 2 is 1.70 bits per heavy atom. The third kappa shape index (κ3) is 5.89. The Balaban J connectivity index is 1.82. The topological polar surface area (TPSA) is 71.1 Å². The zero-order valence-electron chi connectivity index (χ0n) is 23.0. The third-order valence-corrected chi connectivity index (χ3v) is 7.47. The molecule has 3 amide bonds. The van der Waals surface area contributed by atoms with Gasteiger partial charge in [-0.05, 0) is 63.5 Å². The second-order valence-corrected chi connectivity index (χ2v) is 9.95. The van der Waals surface area contributed by atoms with Gasteiger partial charge in [0.1, 0.15) is 11.2 Å². The Morgan fingerprint density at radius 1 is 1.11 bits per heavy atom. The van der Waals surface area contributed by atoms with Crippen LogP contribution in [0.25, 0.3) is 0 Å². The van der Waals surface area contributed by atoms with Crippen LogP contribution in [0, 0.1) is 12.3 Å². The second-order valence-electron chi connectivity index (χ2n) is 9.95. The average molecular weight is 508 g/mol. The molecular formula is C30H41N3O4. The van der Waals surface area contributed by atoms with Gasteiger partial charge in [0, 0.05) is 7.11 Å². The van der Waals surface area contributed by atoms with Gasteiger partial charge in [0.05, 0.1) is 18.7 Å². The van der Waals surface area contributed by atoms with Gasteiger partial charge in [0.25, 0.3) is 0 Å². The van der Waals surface area contributed by atoms with Gasteiger partial charge < -0.3 is 19.7 Å². The zero-order chi connectivity index (χ0) is 27.2. The highest BCUT2D eigenvalue weighted by Crippen LogP contribution is 2.46. The lowest BCUT2D eigenvalue weighted by Gasteiger charge is -2.53. The number of likely N-dealkylation sites (tertiary alicyclic amines) is 1. The van der Waals surface area contributed by atoms with E-state index < -0.39 is 17.7 Å². The molecule has 3 atom stereocenters. The van der Waals surface area contributed by atoms with E-state index in [0.717, 1.165) is 16.7 Å². The molecule has 1 heterocycles. The fraction of sp³-hybridized carbons (Fsp3) is 0.467. The van der Waals surface area contributed by atoms with E-state index in [-0.39, 0.29) is 18.0 Å². The summed E-state index contributed by atoms with van der Waals surface area (Å²) < 4.78 is 11.7. The predicted octanol–water partition coefficient (Wildman–Crippen LogP) is 5.62. The number of nitrogens with one attached hydrogen (secondary N) is 1. The largest absolute Gasteiger partial charge is 0.469 e. The van der Waals surface area contributed by atoms with Crippen LogP contribution in [0.2, 0.25) is 0 Å². The van der Waals surface area contributed by atoms with Crippen LogP contribution in [0.4, 0.5) is 4.79 Å². The van der Waals surface area contributed by atoms with E-state index in [2.05, 4.69) is 16.8 Å². The highest BCUT2D eigenvalue weighted by atomic mass is 16.5. The van der Waals surface area contributed by atoms with Crippen molar-refractivity contribution in [2.75, 3.05) is 27.8 Å². The first-order valence-electron chi connectivity index (χ1n) is 13.0. The van der Waals surface area contributed by atoms with Crippen molar-refractivity contribution in [3.63, 3.8) is 0 Å². The van der Waals surface area contributed by atoms with Crippen molar-refractivity contribution in [1.82, 2.24) is 15.1 Å². The first-order chi connectivity index (χ1) is 17.7. The monoisotopic (exact) mass is 507 g/mol. The van der Waals surface area contributed by atoms with E-state index >= 15 is 0 Å². The van der Waals surface area contributed by atoms with Crippen molar-refractivity contribution in [3.05, 3.63) is 77.9 Å². The van der Waals surface area contributed by atoms with Gasteiger partial charge in [-0.25, -0.2) is 9.69 Å². The number of methoxy groups -OCH3 is 1. The Bertz CT molecular complexity index is 1060. The second kappa shape index (κ2) is 12.4. The van der Waals surface area contributed by atoms with Crippen LogP contribution in [-0.2, 0) is 9.53 Å². The molecule has 1 aliphatic heterocycles. The number of likely N-dealkylation sites (N-methyl/N-ethyl adjacent to an activating group) is 1. The average Bonchev–Trinajstić information content (AvgIpc) is 2.88. The number of hydrogen-bond donors (Lipinski definition) is 1. The number of benzene rings is 2. The third-order valence-electron chi connectivity index (χ3n) is 7.47. The minimum absolute atomic E-state index is 0.112. The summed E-state index contributed by atoms with van der Waals surface area (Å²) in [4.78, 5) is 30.1. The molecule has 1 N–H and O–H groups in total. The minimum atomic E-state index is -0.740. The summed E-state index contributed by atoms with van der Waals surface area (Å²) in [6, 6.07) is 15.1. The number of imide groups is 1. The standard InChI is InChI=1S/C30H41N3O4/c1-8-11-25(22-14-12-21(4)13-15-22)31-29(35)33-27(34)30(9-2,10-3)28(33)37-24-18-16-23(17-19-24)26(20-36-7)32(5)6/h8,12-19,25-26,28H,1,9-11,20H2,2-7H3,(H,31,35)/t25-,26-,28?/m1/s1. The smallest absolute Gasteiger partial charge is 0.327 e. The number of aryl methyl sites for hydroxylation is 1. The van der Waals surface area contributed by atoms with E-state index in [1.807, 2.05) is 83.4 Å². The summed E-state index contributed by atoms with van der Waals surface area (Å²) in [6.07, 6.45) is 2.79. The summed E-state index contributed by atoms with van der Waals surface area (Å²) in [5.74, 6) is 0.409. The highest BCUT2D eigenvalue weighted by Gasteiger charge is 2.63.